The molecule has 2 aliphatic rings. The number of carboxylic acids is 1. The molecule has 1 saturated carbocycles. The van der Waals surface area contributed by atoms with E-state index >= 15 is 0 Å². The maximum Gasteiger partial charge on any atom is 0.307 e. The van der Waals surface area contributed by atoms with Crippen molar-refractivity contribution in [3.63, 3.8) is 0 Å². The van der Waals surface area contributed by atoms with Crippen LogP contribution in [0.2, 0.25) is 0 Å². The third-order valence-corrected chi connectivity index (χ3v) is 5.38. The number of aliphatic carboxylic acids is 1. The van der Waals surface area contributed by atoms with Crippen molar-refractivity contribution in [2.24, 2.45) is 17.8 Å². The van der Waals surface area contributed by atoms with Crippen LogP contribution in [-0.2, 0) is 9.59 Å². The molecular formula is C16H27NO3. The molecule has 0 bridgehead atoms. The van der Waals surface area contributed by atoms with Crippen molar-refractivity contribution in [3.8, 4) is 0 Å². The van der Waals surface area contributed by atoms with Gasteiger partial charge in [0.05, 0.1) is 11.8 Å². The van der Waals surface area contributed by atoms with Crippen LogP contribution < -0.4 is 0 Å². The van der Waals surface area contributed by atoms with Crippen molar-refractivity contribution in [3.05, 3.63) is 0 Å². The summed E-state index contributed by atoms with van der Waals surface area (Å²) in [5, 5.41) is 9.41. The zero-order chi connectivity index (χ0) is 14.9. The maximum atomic E-state index is 12.9. The number of carbonyl (C=O) groups excluding carboxylic acids is 1. The summed E-state index contributed by atoms with van der Waals surface area (Å²) in [5.74, 6) is -1.07. The van der Waals surface area contributed by atoms with Crippen LogP contribution in [0, 0.1) is 17.8 Å². The third-order valence-electron chi connectivity index (χ3n) is 5.38. The van der Waals surface area contributed by atoms with E-state index < -0.39 is 11.9 Å². The molecule has 4 heteroatoms. The Kier molecular flexibility index (Phi) is 4.71. The zero-order valence-electron chi connectivity index (χ0n) is 12.8. The third kappa shape index (κ3) is 2.70. The van der Waals surface area contributed by atoms with Gasteiger partial charge in [0.15, 0.2) is 0 Å². The summed E-state index contributed by atoms with van der Waals surface area (Å²) in [4.78, 5) is 26.3. The molecule has 20 heavy (non-hydrogen) atoms. The van der Waals surface area contributed by atoms with E-state index in [9.17, 15) is 14.7 Å². The standard InChI is InChI=1S/C16H27NO3/c1-4-11-8-13(14(9-11)16(19)20)15(18)17-10(3)6-7-12(17)5-2/h10-14H,4-9H2,1-3H3,(H,19,20)/t10?,11?,12?,13-,14+/m0/s1. The predicted molar refractivity (Wildman–Crippen MR) is 77.3 cm³/mol. The van der Waals surface area contributed by atoms with E-state index in [1.54, 1.807) is 0 Å². The molecule has 114 valence electrons. The number of carboxylic acid groups (broad SMARTS) is 1. The molecule has 1 N–H and O–H groups in total. The molecule has 0 aromatic rings. The Labute approximate surface area is 121 Å². The van der Waals surface area contributed by atoms with Crippen LogP contribution in [0.15, 0.2) is 0 Å². The minimum absolute atomic E-state index is 0.102. The fourth-order valence-electron chi connectivity index (χ4n) is 4.08. The molecule has 0 radical (unpaired) electrons. The molecule has 3 unspecified atom stereocenters. The average molecular weight is 281 g/mol. The second-order valence-corrected chi connectivity index (χ2v) is 6.53. The van der Waals surface area contributed by atoms with Crippen molar-refractivity contribution < 1.29 is 14.7 Å². The summed E-state index contributed by atoms with van der Waals surface area (Å²) in [6, 6.07) is 0.579. The van der Waals surface area contributed by atoms with Crippen LogP contribution in [0.5, 0.6) is 0 Å². The summed E-state index contributed by atoms with van der Waals surface area (Å²) < 4.78 is 0. The lowest BCUT2D eigenvalue weighted by molar-refractivity contribution is -0.150. The molecule has 1 amide bonds. The molecule has 0 aromatic carbocycles. The van der Waals surface area contributed by atoms with E-state index in [1.165, 1.54) is 0 Å². The van der Waals surface area contributed by atoms with E-state index in [4.69, 9.17) is 0 Å². The normalized spacial score (nSPS) is 37.4. The minimum atomic E-state index is -0.792. The van der Waals surface area contributed by atoms with E-state index in [0.29, 0.717) is 18.4 Å². The Morgan fingerprint density at radius 1 is 1.10 bits per heavy atom. The molecule has 2 rings (SSSR count). The molecule has 0 spiro atoms. The molecule has 4 nitrogen and oxygen atoms in total. The van der Waals surface area contributed by atoms with E-state index in [-0.39, 0.29) is 17.9 Å². The molecule has 1 aliphatic heterocycles. The van der Waals surface area contributed by atoms with Crippen molar-refractivity contribution >= 4 is 11.9 Å². The minimum Gasteiger partial charge on any atom is -0.481 e. The summed E-state index contributed by atoms with van der Waals surface area (Å²) in [6.45, 7) is 6.29. The Morgan fingerprint density at radius 3 is 2.30 bits per heavy atom. The smallest absolute Gasteiger partial charge is 0.307 e. The Bertz CT molecular complexity index is 382. The van der Waals surface area contributed by atoms with Crippen molar-refractivity contribution in [1.29, 1.82) is 0 Å². The van der Waals surface area contributed by atoms with Gasteiger partial charge in [0.1, 0.15) is 0 Å². The number of amides is 1. The largest absolute Gasteiger partial charge is 0.481 e. The highest BCUT2D eigenvalue weighted by atomic mass is 16.4. The van der Waals surface area contributed by atoms with Gasteiger partial charge in [-0.1, -0.05) is 20.3 Å². The highest BCUT2D eigenvalue weighted by molar-refractivity contribution is 5.86. The van der Waals surface area contributed by atoms with Gasteiger partial charge in [-0.2, -0.15) is 0 Å². The van der Waals surface area contributed by atoms with Gasteiger partial charge in [0, 0.05) is 12.1 Å². The summed E-state index contributed by atoms with van der Waals surface area (Å²) in [7, 11) is 0. The quantitative estimate of drug-likeness (QED) is 0.862. The Balaban J connectivity index is 2.16. The van der Waals surface area contributed by atoms with Crippen LogP contribution in [0.3, 0.4) is 0 Å². The molecule has 1 aliphatic carbocycles. The lowest BCUT2D eigenvalue weighted by atomic mass is 9.94. The number of hydrogen-bond donors (Lipinski definition) is 1. The van der Waals surface area contributed by atoms with Crippen LogP contribution >= 0.6 is 0 Å². The van der Waals surface area contributed by atoms with Gasteiger partial charge >= 0.3 is 5.97 Å². The zero-order valence-corrected chi connectivity index (χ0v) is 12.8. The van der Waals surface area contributed by atoms with Gasteiger partial charge in [-0.3, -0.25) is 9.59 Å². The molecule has 5 atom stereocenters. The molecule has 2 fully saturated rings. The van der Waals surface area contributed by atoms with Crippen molar-refractivity contribution in [2.45, 2.75) is 71.4 Å². The monoisotopic (exact) mass is 281 g/mol. The van der Waals surface area contributed by atoms with Crippen LogP contribution in [-0.4, -0.2) is 34.0 Å². The fourth-order valence-corrected chi connectivity index (χ4v) is 4.08. The first kappa shape index (κ1) is 15.3. The van der Waals surface area contributed by atoms with E-state index in [1.807, 2.05) is 4.90 Å². The fraction of sp³-hybridized carbons (Fsp3) is 0.875. The highest BCUT2D eigenvalue weighted by Crippen LogP contribution is 2.41. The lowest BCUT2D eigenvalue weighted by Gasteiger charge is -2.31. The highest BCUT2D eigenvalue weighted by Gasteiger charge is 2.46. The first-order valence-electron chi connectivity index (χ1n) is 8.04. The molecular weight excluding hydrogens is 254 g/mol. The number of likely N-dealkylation sites (tertiary alicyclic amines) is 1. The second-order valence-electron chi connectivity index (χ2n) is 6.53. The van der Waals surface area contributed by atoms with Gasteiger partial charge in [-0.05, 0) is 44.9 Å². The van der Waals surface area contributed by atoms with Gasteiger partial charge in [0.25, 0.3) is 0 Å². The van der Waals surface area contributed by atoms with Gasteiger partial charge < -0.3 is 10.0 Å². The van der Waals surface area contributed by atoms with Gasteiger partial charge in [0.2, 0.25) is 5.91 Å². The topological polar surface area (TPSA) is 57.6 Å². The number of rotatable bonds is 4. The lowest BCUT2D eigenvalue weighted by Crippen LogP contribution is -2.45. The van der Waals surface area contributed by atoms with Gasteiger partial charge in [-0.15, -0.1) is 0 Å². The summed E-state index contributed by atoms with van der Waals surface area (Å²) in [5.41, 5.74) is 0. The maximum absolute atomic E-state index is 12.9. The van der Waals surface area contributed by atoms with Crippen molar-refractivity contribution in [2.75, 3.05) is 0 Å². The van der Waals surface area contributed by atoms with Crippen molar-refractivity contribution in [1.82, 2.24) is 4.90 Å². The average Bonchev–Trinajstić information content (AvgIpc) is 3.01. The first-order valence-corrected chi connectivity index (χ1v) is 8.04. The van der Waals surface area contributed by atoms with Crippen LogP contribution in [0.1, 0.15) is 59.3 Å². The summed E-state index contributed by atoms with van der Waals surface area (Å²) >= 11 is 0. The molecule has 1 heterocycles. The van der Waals surface area contributed by atoms with Crippen LogP contribution in [0.4, 0.5) is 0 Å². The van der Waals surface area contributed by atoms with Gasteiger partial charge in [-0.25, -0.2) is 0 Å². The number of carbonyl (C=O) groups is 2. The molecule has 1 saturated heterocycles. The van der Waals surface area contributed by atoms with E-state index in [0.717, 1.165) is 32.1 Å². The Morgan fingerprint density at radius 2 is 1.75 bits per heavy atom. The SMILES string of the molecule is CCC1C[C@H](C(=O)N2C(C)CCC2CC)[C@H](C(=O)O)C1. The number of hydrogen-bond acceptors (Lipinski definition) is 2. The summed E-state index contributed by atoms with van der Waals surface area (Å²) in [6.07, 6.45) is 5.47. The number of nitrogens with zero attached hydrogens (tertiary/aromatic N) is 1. The van der Waals surface area contributed by atoms with Crippen LogP contribution in [0.25, 0.3) is 0 Å². The molecule has 0 aromatic heterocycles. The second kappa shape index (κ2) is 6.15. The van der Waals surface area contributed by atoms with E-state index in [2.05, 4.69) is 20.8 Å². The Hall–Kier alpha value is -1.06. The predicted octanol–water partition coefficient (Wildman–Crippen LogP) is 2.91. The first-order chi connectivity index (χ1) is 9.49.